The third-order valence-electron chi connectivity index (χ3n) is 7.24. The normalized spacial score (nSPS) is 18.7. The minimum atomic E-state index is -0.243. The lowest BCUT2D eigenvalue weighted by atomic mass is 9.75. The van der Waals surface area contributed by atoms with Gasteiger partial charge in [-0.3, -0.25) is 9.59 Å². The number of benzene rings is 1. The monoisotopic (exact) mass is 454 g/mol. The molecular formula is C26H34N2O5. The van der Waals surface area contributed by atoms with Gasteiger partial charge < -0.3 is 23.7 Å². The number of carbonyl (C=O) groups is 3. The average molecular weight is 455 g/mol. The molecule has 1 aliphatic heterocycles. The lowest BCUT2D eigenvalue weighted by molar-refractivity contribution is -0.143. The Morgan fingerprint density at radius 3 is 2.67 bits per heavy atom. The zero-order valence-electron chi connectivity index (χ0n) is 19.7. The standard InChI is InChI=1S/C26H34N2O5/c1-3-27(11-12-29)26(31)20-6-8-24-22(16-20)21-15-19(18-9-13-32-14-10-18)5-7-23(21)28(24)17-25(30)33-4-2/h6,8,12,16,18-19H,3-5,7,9-11,13-15,17H2,1-2H3. The summed E-state index contributed by atoms with van der Waals surface area (Å²) in [5.41, 5.74) is 3.99. The molecule has 2 aliphatic rings. The molecule has 1 unspecified atom stereocenters. The Balaban J connectivity index is 1.73. The van der Waals surface area contributed by atoms with Crippen LogP contribution in [0.3, 0.4) is 0 Å². The van der Waals surface area contributed by atoms with E-state index in [-0.39, 0.29) is 25.0 Å². The van der Waals surface area contributed by atoms with E-state index in [0.717, 1.165) is 62.5 Å². The molecule has 0 saturated carbocycles. The van der Waals surface area contributed by atoms with E-state index in [2.05, 4.69) is 4.57 Å². The largest absolute Gasteiger partial charge is 0.465 e. The minimum Gasteiger partial charge on any atom is -0.465 e. The van der Waals surface area contributed by atoms with Crippen LogP contribution in [0.2, 0.25) is 0 Å². The molecule has 0 radical (unpaired) electrons. The molecule has 1 aliphatic carbocycles. The lowest BCUT2D eigenvalue weighted by Crippen LogP contribution is -2.32. The fourth-order valence-corrected chi connectivity index (χ4v) is 5.54. The van der Waals surface area contributed by atoms with E-state index in [1.807, 2.05) is 26.0 Å². The van der Waals surface area contributed by atoms with Crippen LogP contribution in [0, 0.1) is 11.8 Å². The average Bonchev–Trinajstić information content (AvgIpc) is 3.15. The van der Waals surface area contributed by atoms with Crippen LogP contribution in [0.5, 0.6) is 0 Å². The van der Waals surface area contributed by atoms with Crippen molar-refractivity contribution in [3.8, 4) is 0 Å². The number of ether oxygens (including phenoxy) is 2. The number of aromatic nitrogens is 1. The number of hydrogen-bond donors (Lipinski definition) is 0. The van der Waals surface area contributed by atoms with Gasteiger partial charge in [-0.2, -0.15) is 0 Å². The molecule has 1 fully saturated rings. The van der Waals surface area contributed by atoms with E-state index in [1.165, 1.54) is 11.3 Å². The molecule has 7 nitrogen and oxygen atoms in total. The number of aldehydes is 1. The second kappa shape index (κ2) is 10.5. The Kier molecular flexibility index (Phi) is 7.48. The molecule has 2 aromatic rings. The van der Waals surface area contributed by atoms with Crippen LogP contribution in [-0.4, -0.2) is 60.5 Å². The highest BCUT2D eigenvalue weighted by Crippen LogP contribution is 2.40. The fourth-order valence-electron chi connectivity index (χ4n) is 5.54. The first kappa shape index (κ1) is 23.5. The first-order valence-corrected chi connectivity index (χ1v) is 12.2. The first-order valence-electron chi connectivity index (χ1n) is 12.2. The van der Waals surface area contributed by atoms with E-state index < -0.39 is 0 Å². The summed E-state index contributed by atoms with van der Waals surface area (Å²) < 4.78 is 12.9. The minimum absolute atomic E-state index is 0.0845. The van der Waals surface area contributed by atoms with Crippen LogP contribution in [0.4, 0.5) is 0 Å². The number of fused-ring (bicyclic) bond motifs is 3. The summed E-state index contributed by atoms with van der Waals surface area (Å²) in [6.45, 7) is 6.45. The van der Waals surface area contributed by atoms with Gasteiger partial charge in [0.05, 0.1) is 13.2 Å². The van der Waals surface area contributed by atoms with Gasteiger partial charge in [0.1, 0.15) is 12.8 Å². The molecule has 0 spiro atoms. The third-order valence-corrected chi connectivity index (χ3v) is 7.24. The van der Waals surface area contributed by atoms with Gasteiger partial charge in [0.25, 0.3) is 5.91 Å². The van der Waals surface area contributed by atoms with Gasteiger partial charge in [-0.15, -0.1) is 0 Å². The number of rotatable bonds is 8. The van der Waals surface area contributed by atoms with Crippen molar-refractivity contribution in [1.82, 2.24) is 9.47 Å². The van der Waals surface area contributed by atoms with E-state index in [0.29, 0.717) is 30.6 Å². The molecule has 1 saturated heterocycles. The van der Waals surface area contributed by atoms with Crippen molar-refractivity contribution in [2.24, 2.45) is 11.8 Å². The van der Waals surface area contributed by atoms with Gasteiger partial charge >= 0.3 is 5.97 Å². The summed E-state index contributed by atoms with van der Waals surface area (Å²) in [4.78, 5) is 38.0. The Hall–Kier alpha value is -2.67. The van der Waals surface area contributed by atoms with Crippen LogP contribution in [-0.2, 0) is 38.4 Å². The summed E-state index contributed by atoms with van der Waals surface area (Å²) in [7, 11) is 0. The van der Waals surface area contributed by atoms with Crippen molar-refractivity contribution in [3.63, 3.8) is 0 Å². The molecular weight excluding hydrogens is 420 g/mol. The van der Waals surface area contributed by atoms with E-state index in [1.54, 1.807) is 11.0 Å². The van der Waals surface area contributed by atoms with E-state index in [9.17, 15) is 14.4 Å². The summed E-state index contributed by atoms with van der Waals surface area (Å²) in [6.07, 6.45) is 5.93. The molecule has 178 valence electrons. The van der Waals surface area contributed by atoms with Gasteiger partial charge in [-0.25, -0.2) is 0 Å². The third kappa shape index (κ3) is 4.83. The summed E-state index contributed by atoms with van der Waals surface area (Å²) >= 11 is 0. The lowest BCUT2D eigenvalue weighted by Gasteiger charge is -2.33. The summed E-state index contributed by atoms with van der Waals surface area (Å²) in [5, 5.41) is 1.04. The second-order valence-electron chi connectivity index (χ2n) is 9.01. The van der Waals surface area contributed by atoms with Crippen molar-refractivity contribution < 1.29 is 23.9 Å². The Morgan fingerprint density at radius 1 is 1.18 bits per heavy atom. The molecule has 4 rings (SSSR count). The highest BCUT2D eigenvalue weighted by Gasteiger charge is 2.32. The number of esters is 1. The molecule has 1 aromatic carbocycles. The van der Waals surface area contributed by atoms with Crippen molar-refractivity contribution in [1.29, 1.82) is 0 Å². The number of likely N-dealkylation sites (N-methyl/N-ethyl adjacent to an activating group) is 1. The topological polar surface area (TPSA) is 77.8 Å². The van der Waals surface area contributed by atoms with Gasteiger partial charge in [0.15, 0.2) is 0 Å². The fraction of sp³-hybridized carbons (Fsp3) is 0.577. The maximum absolute atomic E-state index is 13.0. The molecule has 1 atom stereocenters. The van der Waals surface area contributed by atoms with Crippen LogP contribution in [0.1, 0.15) is 54.7 Å². The smallest absolute Gasteiger partial charge is 0.325 e. The van der Waals surface area contributed by atoms with Crippen LogP contribution in [0.25, 0.3) is 10.9 Å². The Bertz CT molecular complexity index is 1020. The predicted octanol–water partition coefficient (Wildman–Crippen LogP) is 3.40. The van der Waals surface area contributed by atoms with Crippen molar-refractivity contribution >= 4 is 29.1 Å². The van der Waals surface area contributed by atoms with Gasteiger partial charge in [0, 0.05) is 41.9 Å². The van der Waals surface area contributed by atoms with Crippen LogP contribution >= 0.6 is 0 Å². The Morgan fingerprint density at radius 2 is 1.97 bits per heavy atom. The number of nitrogens with zero attached hydrogens (tertiary/aromatic N) is 2. The van der Waals surface area contributed by atoms with Gasteiger partial charge in [0.2, 0.25) is 0 Å². The van der Waals surface area contributed by atoms with Crippen molar-refractivity contribution in [2.75, 3.05) is 32.9 Å². The quantitative estimate of drug-likeness (QED) is 0.451. The van der Waals surface area contributed by atoms with Crippen molar-refractivity contribution in [3.05, 3.63) is 35.0 Å². The second-order valence-corrected chi connectivity index (χ2v) is 9.01. The van der Waals surface area contributed by atoms with Gasteiger partial charge in [-0.05, 0) is 81.5 Å². The van der Waals surface area contributed by atoms with E-state index >= 15 is 0 Å². The first-order chi connectivity index (χ1) is 16.1. The summed E-state index contributed by atoms with van der Waals surface area (Å²) in [5.74, 6) is 0.857. The zero-order chi connectivity index (χ0) is 23.4. The maximum atomic E-state index is 13.0. The Labute approximate surface area is 195 Å². The van der Waals surface area contributed by atoms with Crippen molar-refractivity contribution in [2.45, 2.75) is 52.5 Å². The van der Waals surface area contributed by atoms with Crippen LogP contribution in [0.15, 0.2) is 18.2 Å². The highest BCUT2D eigenvalue weighted by molar-refractivity contribution is 6.00. The van der Waals surface area contributed by atoms with Crippen LogP contribution < -0.4 is 0 Å². The molecule has 2 heterocycles. The molecule has 1 aromatic heterocycles. The molecule has 7 heteroatoms. The molecule has 33 heavy (non-hydrogen) atoms. The number of amides is 1. The maximum Gasteiger partial charge on any atom is 0.325 e. The molecule has 0 bridgehead atoms. The van der Waals surface area contributed by atoms with E-state index in [4.69, 9.17) is 9.47 Å². The predicted molar refractivity (Wildman–Crippen MR) is 125 cm³/mol. The molecule has 0 N–H and O–H groups in total. The number of carbonyl (C=O) groups excluding carboxylic acids is 3. The zero-order valence-corrected chi connectivity index (χ0v) is 19.7. The summed E-state index contributed by atoms with van der Waals surface area (Å²) in [6, 6.07) is 5.71. The molecule has 1 amide bonds. The highest BCUT2D eigenvalue weighted by atomic mass is 16.5. The SMILES string of the molecule is CCOC(=O)Cn1c2c(c3cc(C(=O)N(CC)CC=O)ccc31)CC(C1CCOCC1)CC2. The number of hydrogen-bond acceptors (Lipinski definition) is 5. The van der Waals surface area contributed by atoms with Gasteiger partial charge in [-0.1, -0.05) is 0 Å².